The number of ether oxygens (including phenoxy) is 3. The van der Waals surface area contributed by atoms with Crippen molar-refractivity contribution >= 4 is 17.7 Å². The molecule has 5 heteroatoms. The number of carbonyl (C=O) groups excluding carboxylic acids is 1. The molecule has 0 aliphatic heterocycles. The van der Waals surface area contributed by atoms with Crippen molar-refractivity contribution in [1.29, 1.82) is 0 Å². The topological polar surface area (TPSA) is 56.8 Å². The lowest BCUT2D eigenvalue weighted by molar-refractivity contribution is -0.111. The molecule has 0 atom stereocenters. The van der Waals surface area contributed by atoms with Gasteiger partial charge in [-0.1, -0.05) is 17.7 Å². The Bertz CT molecular complexity index is 711. The zero-order chi connectivity index (χ0) is 17.5. The summed E-state index contributed by atoms with van der Waals surface area (Å²) in [4.78, 5) is 12.0. The number of hydrogen-bond donors (Lipinski definition) is 1. The average molecular weight is 327 g/mol. The van der Waals surface area contributed by atoms with E-state index in [1.54, 1.807) is 39.5 Å². The molecule has 126 valence electrons. The minimum Gasteiger partial charge on any atom is -0.493 e. The van der Waals surface area contributed by atoms with E-state index in [1.807, 2.05) is 31.2 Å². The van der Waals surface area contributed by atoms with Crippen LogP contribution in [-0.4, -0.2) is 27.2 Å². The van der Waals surface area contributed by atoms with Gasteiger partial charge in [-0.05, 0) is 42.8 Å². The molecule has 0 radical (unpaired) electrons. The minimum atomic E-state index is -0.215. The van der Waals surface area contributed by atoms with Crippen LogP contribution in [0.5, 0.6) is 17.2 Å². The molecule has 5 nitrogen and oxygen atoms in total. The number of amides is 1. The molecule has 0 aromatic heterocycles. The molecule has 0 aliphatic rings. The van der Waals surface area contributed by atoms with E-state index >= 15 is 0 Å². The number of hydrogen-bond acceptors (Lipinski definition) is 4. The minimum absolute atomic E-state index is 0.215. The Hall–Kier alpha value is -2.95. The van der Waals surface area contributed by atoms with Crippen molar-refractivity contribution in [2.45, 2.75) is 6.92 Å². The summed E-state index contributed by atoms with van der Waals surface area (Å²) in [7, 11) is 4.65. The van der Waals surface area contributed by atoms with Crippen LogP contribution in [0.3, 0.4) is 0 Å². The van der Waals surface area contributed by atoms with Gasteiger partial charge in [0.2, 0.25) is 11.7 Å². The van der Waals surface area contributed by atoms with Gasteiger partial charge in [0.05, 0.1) is 21.3 Å². The third-order valence-electron chi connectivity index (χ3n) is 3.43. The summed E-state index contributed by atoms with van der Waals surface area (Å²) < 4.78 is 15.9. The van der Waals surface area contributed by atoms with Gasteiger partial charge in [-0.3, -0.25) is 4.79 Å². The van der Waals surface area contributed by atoms with E-state index in [0.29, 0.717) is 17.2 Å². The summed E-state index contributed by atoms with van der Waals surface area (Å²) in [6.07, 6.45) is 3.15. The van der Waals surface area contributed by atoms with E-state index in [2.05, 4.69) is 5.32 Å². The maximum atomic E-state index is 12.0. The summed E-state index contributed by atoms with van der Waals surface area (Å²) in [5, 5.41) is 2.81. The van der Waals surface area contributed by atoms with Crippen molar-refractivity contribution < 1.29 is 19.0 Å². The van der Waals surface area contributed by atoms with Crippen LogP contribution in [0.15, 0.2) is 42.5 Å². The first-order valence-corrected chi connectivity index (χ1v) is 7.43. The molecule has 2 aromatic rings. The highest BCUT2D eigenvalue weighted by Gasteiger charge is 2.12. The van der Waals surface area contributed by atoms with Crippen LogP contribution in [0.1, 0.15) is 11.1 Å². The molecule has 0 saturated heterocycles. The smallest absolute Gasteiger partial charge is 0.248 e. The van der Waals surface area contributed by atoms with Gasteiger partial charge in [0.25, 0.3) is 0 Å². The van der Waals surface area contributed by atoms with Crippen LogP contribution in [0.4, 0.5) is 5.69 Å². The van der Waals surface area contributed by atoms with Gasteiger partial charge >= 0.3 is 0 Å². The summed E-state index contributed by atoms with van der Waals surface area (Å²) >= 11 is 0. The molecule has 0 unspecified atom stereocenters. The van der Waals surface area contributed by atoms with Gasteiger partial charge in [-0.25, -0.2) is 0 Å². The summed E-state index contributed by atoms with van der Waals surface area (Å²) in [6.45, 7) is 2.00. The van der Waals surface area contributed by atoms with Crippen LogP contribution in [-0.2, 0) is 4.79 Å². The first-order valence-electron chi connectivity index (χ1n) is 7.43. The standard InChI is InChI=1S/C19H21NO4/c1-13-5-8-15(9-6-13)20-18(21)10-7-14-11-16(22-2)19(24-4)17(12-14)23-3/h5-12H,1-4H3,(H,20,21)/b10-7-. The Balaban J connectivity index is 2.15. The zero-order valence-electron chi connectivity index (χ0n) is 14.3. The summed E-state index contributed by atoms with van der Waals surface area (Å²) in [5.74, 6) is 1.37. The van der Waals surface area contributed by atoms with Gasteiger partial charge in [-0.15, -0.1) is 0 Å². The fraction of sp³-hybridized carbons (Fsp3) is 0.211. The molecule has 0 bridgehead atoms. The maximum absolute atomic E-state index is 12.0. The van der Waals surface area contributed by atoms with E-state index in [1.165, 1.54) is 6.08 Å². The van der Waals surface area contributed by atoms with Crippen molar-refractivity contribution in [3.8, 4) is 17.2 Å². The van der Waals surface area contributed by atoms with Crippen LogP contribution in [0.25, 0.3) is 6.08 Å². The molecular weight excluding hydrogens is 306 g/mol. The van der Waals surface area contributed by atoms with Crippen molar-refractivity contribution in [3.05, 3.63) is 53.6 Å². The van der Waals surface area contributed by atoms with Crippen molar-refractivity contribution in [1.82, 2.24) is 0 Å². The molecule has 24 heavy (non-hydrogen) atoms. The number of methoxy groups -OCH3 is 3. The first kappa shape index (κ1) is 17.4. The number of carbonyl (C=O) groups is 1. The normalized spacial score (nSPS) is 10.5. The molecule has 0 heterocycles. The lowest BCUT2D eigenvalue weighted by atomic mass is 10.1. The molecule has 2 aromatic carbocycles. The SMILES string of the molecule is COc1cc(/C=C\C(=O)Nc2ccc(C)cc2)cc(OC)c1OC. The lowest BCUT2D eigenvalue weighted by Crippen LogP contribution is -2.07. The second kappa shape index (κ2) is 8.06. The lowest BCUT2D eigenvalue weighted by Gasteiger charge is -2.12. The predicted octanol–water partition coefficient (Wildman–Crippen LogP) is 3.67. The van der Waals surface area contributed by atoms with E-state index < -0.39 is 0 Å². The Labute approximate surface area is 141 Å². The highest BCUT2D eigenvalue weighted by atomic mass is 16.5. The number of benzene rings is 2. The van der Waals surface area contributed by atoms with Gasteiger partial charge in [0, 0.05) is 11.8 Å². The molecule has 0 spiro atoms. The fourth-order valence-corrected chi connectivity index (χ4v) is 2.19. The quantitative estimate of drug-likeness (QED) is 0.823. The molecule has 2 rings (SSSR count). The fourth-order valence-electron chi connectivity index (χ4n) is 2.19. The van der Waals surface area contributed by atoms with Gasteiger partial charge in [0.1, 0.15) is 0 Å². The van der Waals surface area contributed by atoms with E-state index in [4.69, 9.17) is 14.2 Å². The van der Waals surface area contributed by atoms with Crippen molar-refractivity contribution in [2.24, 2.45) is 0 Å². The summed E-state index contributed by atoms with van der Waals surface area (Å²) in [5.41, 5.74) is 2.66. The van der Waals surface area contributed by atoms with E-state index in [0.717, 1.165) is 16.8 Å². The summed E-state index contributed by atoms with van der Waals surface area (Å²) in [6, 6.07) is 11.2. The van der Waals surface area contributed by atoms with Crippen LogP contribution in [0, 0.1) is 6.92 Å². The largest absolute Gasteiger partial charge is 0.493 e. The highest BCUT2D eigenvalue weighted by molar-refractivity contribution is 6.02. The Kier molecular flexibility index (Phi) is 5.84. The third-order valence-corrected chi connectivity index (χ3v) is 3.43. The first-order chi connectivity index (χ1) is 11.6. The zero-order valence-corrected chi connectivity index (χ0v) is 14.3. The van der Waals surface area contributed by atoms with Gasteiger partial charge in [0.15, 0.2) is 11.5 Å². The second-order valence-corrected chi connectivity index (χ2v) is 5.15. The predicted molar refractivity (Wildman–Crippen MR) is 94.9 cm³/mol. The third kappa shape index (κ3) is 4.29. The maximum Gasteiger partial charge on any atom is 0.248 e. The molecule has 0 aliphatic carbocycles. The Morgan fingerprint density at radius 1 is 0.958 bits per heavy atom. The molecule has 1 amide bonds. The highest BCUT2D eigenvalue weighted by Crippen LogP contribution is 2.38. The van der Waals surface area contributed by atoms with Crippen LogP contribution in [0.2, 0.25) is 0 Å². The molecule has 0 fully saturated rings. The molecule has 1 N–H and O–H groups in total. The Morgan fingerprint density at radius 3 is 2.04 bits per heavy atom. The average Bonchev–Trinajstić information content (AvgIpc) is 2.60. The van der Waals surface area contributed by atoms with Crippen molar-refractivity contribution in [3.63, 3.8) is 0 Å². The Morgan fingerprint density at radius 2 is 1.54 bits per heavy atom. The van der Waals surface area contributed by atoms with Crippen LogP contribution >= 0.6 is 0 Å². The number of aryl methyl sites for hydroxylation is 1. The second-order valence-electron chi connectivity index (χ2n) is 5.15. The monoisotopic (exact) mass is 327 g/mol. The van der Waals surface area contributed by atoms with Gasteiger partial charge in [-0.2, -0.15) is 0 Å². The molecule has 0 saturated carbocycles. The van der Waals surface area contributed by atoms with Crippen LogP contribution < -0.4 is 19.5 Å². The van der Waals surface area contributed by atoms with Gasteiger partial charge < -0.3 is 19.5 Å². The molecular formula is C19H21NO4. The number of rotatable bonds is 6. The number of nitrogens with one attached hydrogen (secondary N) is 1. The van der Waals surface area contributed by atoms with E-state index in [9.17, 15) is 4.79 Å². The number of anilines is 1. The van der Waals surface area contributed by atoms with Crippen molar-refractivity contribution in [2.75, 3.05) is 26.6 Å². The van der Waals surface area contributed by atoms with E-state index in [-0.39, 0.29) is 5.91 Å².